The first kappa shape index (κ1) is 13.0. The van der Waals surface area contributed by atoms with Crippen LogP contribution in [0.3, 0.4) is 0 Å². The van der Waals surface area contributed by atoms with Crippen LogP contribution >= 0.6 is 0 Å². The molecule has 3 heteroatoms. The molecule has 0 amide bonds. The standard InChI is InChI=1S/C16H14FNO/c1-4-11-19-15-10-6-8-13(17)16(15)14-9-5-7-12(2)18(14)3/h1,5-10H,2,11H2,3H3. The first-order valence-corrected chi connectivity index (χ1v) is 5.81. The van der Waals surface area contributed by atoms with Gasteiger partial charge in [-0.05, 0) is 24.3 Å². The van der Waals surface area contributed by atoms with Crippen LogP contribution in [0.2, 0.25) is 0 Å². The molecule has 0 aliphatic carbocycles. The van der Waals surface area contributed by atoms with E-state index in [1.54, 1.807) is 17.0 Å². The number of hydrogen-bond acceptors (Lipinski definition) is 2. The molecular weight excluding hydrogens is 241 g/mol. The van der Waals surface area contributed by atoms with Gasteiger partial charge < -0.3 is 9.64 Å². The predicted molar refractivity (Wildman–Crippen MR) is 74.7 cm³/mol. The lowest BCUT2D eigenvalue weighted by atomic mass is 10.1. The summed E-state index contributed by atoms with van der Waals surface area (Å²) < 4.78 is 19.5. The second-order valence-electron chi connectivity index (χ2n) is 4.07. The summed E-state index contributed by atoms with van der Waals surface area (Å²) in [5.74, 6) is 2.46. The molecule has 0 aromatic heterocycles. The first-order valence-electron chi connectivity index (χ1n) is 5.81. The van der Waals surface area contributed by atoms with Gasteiger partial charge in [-0.25, -0.2) is 4.39 Å². The summed E-state index contributed by atoms with van der Waals surface area (Å²) in [6.07, 6.45) is 10.7. The van der Waals surface area contributed by atoms with Crippen molar-refractivity contribution in [2.24, 2.45) is 0 Å². The van der Waals surface area contributed by atoms with E-state index in [1.165, 1.54) is 6.07 Å². The number of allylic oxidation sites excluding steroid dienone is 3. The highest BCUT2D eigenvalue weighted by Gasteiger charge is 2.19. The molecule has 1 heterocycles. The van der Waals surface area contributed by atoms with Gasteiger partial charge in [-0.1, -0.05) is 24.6 Å². The summed E-state index contributed by atoms with van der Waals surface area (Å²) >= 11 is 0. The zero-order valence-corrected chi connectivity index (χ0v) is 10.7. The molecule has 1 aliphatic heterocycles. The lowest BCUT2D eigenvalue weighted by Crippen LogP contribution is -2.18. The topological polar surface area (TPSA) is 12.5 Å². The Kier molecular flexibility index (Phi) is 3.72. The number of halogens is 1. The summed E-state index contributed by atoms with van der Waals surface area (Å²) in [5, 5.41) is 0. The maximum Gasteiger partial charge on any atom is 0.148 e. The van der Waals surface area contributed by atoms with Gasteiger partial charge in [0.1, 0.15) is 18.2 Å². The summed E-state index contributed by atoms with van der Waals surface area (Å²) in [5.41, 5.74) is 1.87. The van der Waals surface area contributed by atoms with Crippen LogP contribution in [0.25, 0.3) is 5.70 Å². The monoisotopic (exact) mass is 255 g/mol. The van der Waals surface area contributed by atoms with Crippen LogP contribution in [0.15, 0.2) is 48.7 Å². The molecule has 2 nitrogen and oxygen atoms in total. The van der Waals surface area contributed by atoms with E-state index >= 15 is 0 Å². The number of benzene rings is 1. The Morgan fingerprint density at radius 3 is 3.00 bits per heavy atom. The summed E-state index contributed by atoms with van der Waals surface area (Å²) in [6.45, 7) is 4.00. The molecule has 0 spiro atoms. The summed E-state index contributed by atoms with van der Waals surface area (Å²) in [6, 6.07) is 4.69. The third-order valence-corrected chi connectivity index (χ3v) is 2.88. The zero-order valence-electron chi connectivity index (χ0n) is 10.7. The second-order valence-corrected chi connectivity index (χ2v) is 4.07. The van der Waals surface area contributed by atoms with Crippen LogP contribution in [-0.4, -0.2) is 18.6 Å². The molecule has 1 aliphatic rings. The van der Waals surface area contributed by atoms with E-state index in [0.717, 1.165) is 5.70 Å². The highest BCUT2D eigenvalue weighted by atomic mass is 19.1. The lowest BCUT2D eigenvalue weighted by molar-refractivity contribution is 0.365. The highest BCUT2D eigenvalue weighted by molar-refractivity contribution is 5.73. The molecule has 0 bridgehead atoms. The molecule has 1 aromatic carbocycles. The SMILES string of the molecule is C#CCOc1cccc(F)c1C1=CC=CC(=C)N1C. The minimum absolute atomic E-state index is 0.101. The maximum absolute atomic E-state index is 14.1. The highest BCUT2D eigenvalue weighted by Crippen LogP contribution is 2.33. The first-order chi connectivity index (χ1) is 9.15. The smallest absolute Gasteiger partial charge is 0.148 e. The number of nitrogens with zero attached hydrogens (tertiary/aromatic N) is 1. The largest absolute Gasteiger partial charge is 0.480 e. The Bertz CT molecular complexity index is 608. The van der Waals surface area contributed by atoms with Crippen LogP contribution < -0.4 is 4.74 Å². The molecule has 2 rings (SSSR count). The van der Waals surface area contributed by atoms with E-state index in [9.17, 15) is 4.39 Å². The molecule has 0 saturated carbocycles. The van der Waals surface area contributed by atoms with E-state index in [1.807, 2.05) is 25.3 Å². The van der Waals surface area contributed by atoms with Gasteiger partial charge in [0.25, 0.3) is 0 Å². The van der Waals surface area contributed by atoms with Crippen molar-refractivity contribution in [2.45, 2.75) is 0 Å². The van der Waals surface area contributed by atoms with Crippen LogP contribution in [0.5, 0.6) is 5.75 Å². The molecule has 0 saturated heterocycles. The molecule has 19 heavy (non-hydrogen) atoms. The Morgan fingerprint density at radius 1 is 1.47 bits per heavy atom. The van der Waals surface area contributed by atoms with Gasteiger partial charge in [0.05, 0.1) is 11.3 Å². The van der Waals surface area contributed by atoms with Gasteiger partial charge in [-0.15, -0.1) is 6.42 Å². The fourth-order valence-corrected chi connectivity index (χ4v) is 1.87. The Labute approximate surface area is 112 Å². The van der Waals surface area contributed by atoms with Crippen molar-refractivity contribution in [1.82, 2.24) is 4.90 Å². The van der Waals surface area contributed by atoms with Crippen molar-refractivity contribution in [3.63, 3.8) is 0 Å². The maximum atomic E-state index is 14.1. The van der Waals surface area contributed by atoms with Crippen molar-refractivity contribution < 1.29 is 9.13 Å². The number of likely N-dealkylation sites (N-methyl/N-ethyl adjacent to an activating group) is 1. The minimum atomic E-state index is -0.351. The van der Waals surface area contributed by atoms with Crippen LogP contribution in [0.4, 0.5) is 4.39 Å². The van der Waals surface area contributed by atoms with E-state index in [2.05, 4.69) is 12.5 Å². The minimum Gasteiger partial charge on any atom is -0.480 e. The van der Waals surface area contributed by atoms with E-state index in [-0.39, 0.29) is 12.4 Å². The molecule has 0 radical (unpaired) electrons. The van der Waals surface area contributed by atoms with Crippen molar-refractivity contribution >= 4 is 5.70 Å². The number of rotatable bonds is 3. The van der Waals surface area contributed by atoms with Crippen molar-refractivity contribution in [3.8, 4) is 18.1 Å². The van der Waals surface area contributed by atoms with E-state index in [0.29, 0.717) is 17.0 Å². The van der Waals surface area contributed by atoms with Gasteiger partial charge in [0.2, 0.25) is 0 Å². The summed E-state index contributed by atoms with van der Waals surface area (Å²) in [4.78, 5) is 1.81. The Balaban J connectivity index is 2.49. The molecule has 0 N–H and O–H groups in total. The summed E-state index contributed by atoms with van der Waals surface area (Å²) in [7, 11) is 1.83. The van der Waals surface area contributed by atoms with Gasteiger partial charge in [0.15, 0.2) is 0 Å². The van der Waals surface area contributed by atoms with Crippen LogP contribution in [-0.2, 0) is 0 Å². The molecule has 0 atom stereocenters. The average molecular weight is 255 g/mol. The third kappa shape index (κ3) is 2.53. The molecule has 0 unspecified atom stereocenters. The Hall–Kier alpha value is -2.47. The zero-order chi connectivity index (χ0) is 13.8. The van der Waals surface area contributed by atoms with Crippen molar-refractivity contribution in [2.75, 3.05) is 13.7 Å². The van der Waals surface area contributed by atoms with E-state index < -0.39 is 0 Å². The molecular formula is C16H14FNO. The third-order valence-electron chi connectivity index (χ3n) is 2.88. The van der Waals surface area contributed by atoms with Gasteiger partial charge in [-0.2, -0.15) is 0 Å². The quantitative estimate of drug-likeness (QED) is 0.769. The van der Waals surface area contributed by atoms with Crippen molar-refractivity contribution in [1.29, 1.82) is 0 Å². The normalized spacial score (nSPS) is 14.1. The van der Waals surface area contributed by atoms with Gasteiger partial charge in [0, 0.05) is 12.7 Å². The second kappa shape index (κ2) is 5.45. The fourth-order valence-electron chi connectivity index (χ4n) is 1.87. The average Bonchev–Trinajstić information content (AvgIpc) is 2.40. The number of hydrogen-bond donors (Lipinski definition) is 0. The molecule has 96 valence electrons. The lowest BCUT2D eigenvalue weighted by Gasteiger charge is -2.27. The molecule has 0 fully saturated rings. The van der Waals surface area contributed by atoms with Gasteiger partial charge >= 0.3 is 0 Å². The molecule has 1 aromatic rings. The van der Waals surface area contributed by atoms with E-state index in [4.69, 9.17) is 11.2 Å². The van der Waals surface area contributed by atoms with Crippen LogP contribution in [0, 0.1) is 18.2 Å². The fraction of sp³-hybridized carbons (Fsp3) is 0.125. The number of ether oxygens (including phenoxy) is 1. The van der Waals surface area contributed by atoms with Crippen LogP contribution in [0.1, 0.15) is 5.56 Å². The number of terminal acetylenes is 1. The van der Waals surface area contributed by atoms with Crippen molar-refractivity contribution in [3.05, 3.63) is 60.1 Å². The Morgan fingerprint density at radius 2 is 2.26 bits per heavy atom. The predicted octanol–water partition coefficient (Wildman–Crippen LogP) is 3.19. The van der Waals surface area contributed by atoms with Gasteiger partial charge in [-0.3, -0.25) is 0 Å².